The minimum Gasteiger partial charge on any atom is -0.369 e. The molecule has 0 spiro atoms. The summed E-state index contributed by atoms with van der Waals surface area (Å²) < 4.78 is 6.01. The second-order valence-electron chi connectivity index (χ2n) is 2.73. The Morgan fingerprint density at radius 3 is 2.64 bits per heavy atom. The first-order chi connectivity index (χ1) is 6.74. The number of Topliss-reactive ketones (excluding diaryl/α,β-unsaturated/α-hetero) is 1. The van der Waals surface area contributed by atoms with Crippen LogP contribution in [0.1, 0.15) is 10.4 Å². The number of hydrogen-bond donors (Lipinski definition) is 0. The van der Waals surface area contributed by atoms with Crippen LogP contribution in [-0.2, 0) is 4.74 Å². The number of benzene rings is 1. The largest absolute Gasteiger partial charge is 0.369 e. The topological polar surface area (TPSA) is 26.3 Å². The lowest BCUT2D eigenvalue weighted by molar-refractivity contribution is 0.0806. The van der Waals surface area contributed by atoms with E-state index in [1.54, 1.807) is 18.2 Å². The molecule has 1 aromatic carbocycles. The summed E-state index contributed by atoms with van der Waals surface area (Å²) >= 11 is 3.30. The Morgan fingerprint density at radius 1 is 1.43 bits per heavy atom. The summed E-state index contributed by atoms with van der Waals surface area (Å²) in [5.41, 5.74) is 0.664. The predicted octanol–water partition coefficient (Wildman–Crippen LogP) is 2.83. The van der Waals surface area contributed by atoms with Gasteiger partial charge in [-0.25, -0.2) is 0 Å². The lowest BCUT2D eigenvalue weighted by Crippen LogP contribution is -2.08. The normalized spacial score (nSPS) is 9.79. The quantitative estimate of drug-likeness (QED) is 0.459. The number of ketones is 1. The first kappa shape index (κ1) is 11.1. The van der Waals surface area contributed by atoms with E-state index >= 15 is 0 Å². The molecule has 3 heteroatoms. The smallest absolute Gasteiger partial charge is 0.188 e. The molecule has 0 N–H and O–H groups in total. The monoisotopic (exact) mass is 254 g/mol. The van der Waals surface area contributed by atoms with Gasteiger partial charge in [-0.15, -0.1) is 6.58 Å². The molecule has 0 saturated carbocycles. The van der Waals surface area contributed by atoms with Crippen molar-refractivity contribution in [2.24, 2.45) is 0 Å². The van der Waals surface area contributed by atoms with Gasteiger partial charge in [-0.05, 0) is 12.1 Å². The molecule has 0 radical (unpaired) electrons. The first-order valence-corrected chi connectivity index (χ1v) is 5.00. The predicted molar refractivity (Wildman–Crippen MR) is 59.5 cm³/mol. The number of carbonyl (C=O) groups excluding carboxylic acids is 1. The van der Waals surface area contributed by atoms with Gasteiger partial charge >= 0.3 is 0 Å². The fourth-order valence-corrected chi connectivity index (χ4v) is 1.22. The third-order valence-corrected chi connectivity index (χ3v) is 2.16. The van der Waals surface area contributed by atoms with Crippen LogP contribution in [0, 0.1) is 0 Å². The van der Waals surface area contributed by atoms with Gasteiger partial charge in [0.15, 0.2) is 5.78 Å². The van der Waals surface area contributed by atoms with E-state index in [9.17, 15) is 4.79 Å². The number of ether oxygens (including phenoxy) is 1. The van der Waals surface area contributed by atoms with Gasteiger partial charge in [0.05, 0.1) is 6.61 Å². The molecule has 0 aliphatic rings. The molecule has 0 unspecified atom stereocenters. The van der Waals surface area contributed by atoms with Crippen molar-refractivity contribution in [2.45, 2.75) is 0 Å². The molecule has 1 aromatic rings. The number of hydrogen-bond acceptors (Lipinski definition) is 2. The molecule has 0 aliphatic carbocycles. The number of rotatable bonds is 5. The third-order valence-electron chi connectivity index (χ3n) is 1.64. The van der Waals surface area contributed by atoms with E-state index < -0.39 is 0 Å². The molecule has 0 aromatic heterocycles. The van der Waals surface area contributed by atoms with Crippen molar-refractivity contribution in [3.8, 4) is 0 Å². The maximum Gasteiger partial charge on any atom is 0.188 e. The molecule has 0 saturated heterocycles. The van der Waals surface area contributed by atoms with Gasteiger partial charge in [0.25, 0.3) is 0 Å². The van der Waals surface area contributed by atoms with Crippen LogP contribution in [0.5, 0.6) is 0 Å². The molecule has 0 amide bonds. The Labute approximate surface area is 91.7 Å². The van der Waals surface area contributed by atoms with Crippen molar-refractivity contribution in [3.63, 3.8) is 0 Å². The second-order valence-corrected chi connectivity index (χ2v) is 3.65. The fraction of sp³-hybridized carbons (Fsp3) is 0.182. The molecule has 0 heterocycles. The zero-order valence-corrected chi connectivity index (χ0v) is 9.29. The van der Waals surface area contributed by atoms with Gasteiger partial charge in [-0.3, -0.25) is 4.79 Å². The number of carbonyl (C=O) groups is 1. The molecule has 74 valence electrons. The summed E-state index contributed by atoms with van der Waals surface area (Å²) in [5, 5.41) is 0. The van der Waals surface area contributed by atoms with Gasteiger partial charge < -0.3 is 4.74 Å². The Bertz CT molecular complexity index is 317. The minimum absolute atomic E-state index is 0.0145. The first-order valence-electron chi connectivity index (χ1n) is 4.21. The molecule has 2 nitrogen and oxygen atoms in total. The van der Waals surface area contributed by atoms with E-state index in [0.29, 0.717) is 12.2 Å². The Hall–Kier alpha value is -0.930. The van der Waals surface area contributed by atoms with Crippen LogP contribution in [0.15, 0.2) is 41.4 Å². The van der Waals surface area contributed by atoms with Gasteiger partial charge in [-0.2, -0.15) is 0 Å². The lowest BCUT2D eigenvalue weighted by atomic mass is 10.1. The summed E-state index contributed by atoms with van der Waals surface area (Å²) in [6, 6.07) is 7.20. The van der Waals surface area contributed by atoms with Crippen molar-refractivity contribution in [1.29, 1.82) is 0 Å². The molecule has 0 atom stereocenters. The maximum atomic E-state index is 11.5. The highest BCUT2D eigenvalue weighted by Gasteiger charge is 2.04. The molecule has 0 bridgehead atoms. The Morgan fingerprint density at radius 2 is 2.07 bits per heavy atom. The maximum absolute atomic E-state index is 11.5. The Balaban J connectivity index is 2.52. The highest BCUT2D eigenvalue weighted by atomic mass is 79.9. The van der Waals surface area contributed by atoms with E-state index in [1.807, 2.05) is 12.1 Å². The van der Waals surface area contributed by atoms with E-state index in [1.165, 1.54) is 0 Å². The molecule has 0 fully saturated rings. The molecular weight excluding hydrogens is 244 g/mol. The van der Waals surface area contributed by atoms with Crippen molar-refractivity contribution in [3.05, 3.63) is 47.0 Å². The fourth-order valence-electron chi connectivity index (χ4n) is 0.954. The van der Waals surface area contributed by atoms with Crippen molar-refractivity contribution < 1.29 is 9.53 Å². The highest BCUT2D eigenvalue weighted by molar-refractivity contribution is 9.10. The van der Waals surface area contributed by atoms with Crippen molar-refractivity contribution >= 4 is 21.7 Å². The average Bonchev–Trinajstić information content (AvgIpc) is 2.19. The summed E-state index contributed by atoms with van der Waals surface area (Å²) in [6.07, 6.45) is 1.62. The average molecular weight is 255 g/mol. The molecular formula is C11H11BrO2. The molecule has 14 heavy (non-hydrogen) atoms. The van der Waals surface area contributed by atoms with Crippen LogP contribution >= 0.6 is 15.9 Å². The van der Waals surface area contributed by atoms with Crippen molar-refractivity contribution in [1.82, 2.24) is 0 Å². The lowest BCUT2D eigenvalue weighted by Gasteiger charge is -2.01. The summed E-state index contributed by atoms with van der Waals surface area (Å²) in [7, 11) is 0. The highest BCUT2D eigenvalue weighted by Crippen LogP contribution is 2.10. The van der Waals surface area contributed by atoms with Gasteiger partial charge in [-0.1, -0.05) is 34.1 Å². The molecule has 0 aliphatic heterocycles. The Kier molecular flexibility index (Phi) is 4.56. The van der Waals surface area contributed by atoms with Gasteiger partial charge in [0.2, 0.25) is 0 Å². The van der Waals surface area contributed by atoms with E-state index in [0.717, 1.165) is 4.47 Å². The van der Waals surface area contributed by atoms with Crippen molar-refractivity contribution in [2.75, 3.05) is 13.2 Å². The van der Waals surface area contributed by atoms with Crippen LogP contribution in [0.25, 0.3) is 0 Å². The van der Waals surface area contributed by atoms with E-state index in [-0.39, 0.29) is 12.4 Å². The SMILES string of the molecule is C=CCOCC(=O)c1ccc(Br)cc1. The van der Waals surface area contributed by atoms with Gasteiger partial charge in [0.1, 0.15) is 6.61 Å². The van der Waals surface area contributed by atoms with Crippen LogP contribution < -0.4 is 0 Å². The standard InChI is InChI=1S/C11H11BrO2/c1-2-7-14-8-11(13)9-3-5-10(12)6-4-9/h2-6H,1,7-8H2. The summed E-state index contributed by atoms with van der Waals surface area (Å²) in [5.74, 6) is -0.0145. The zero-order valence-electron chi connectivity index (χ0n) is 7.70. The van der Waals surface area contributed by atoms with Crippen LogP contribution in [-0.4, -0.2) is 19.0 Å². The van der Waals surface area contributed by atoms with Crippen LogP contribution in [0.3, 0.4) is 0 Å². The minimum atomic E-state index is -0.0145. The van der Waals surface area contributed by atoms with E-state index in [2.05, 4.69) is 22.5 Å². The zero-order chi connectivity index (χ0) is 10.4. The second kappa shape index (κ2) is 5.73. The molecule has 1 rings (SSSR count). The van der Waals surface area contributed by atoms with Gasteiger partial charge in [0, 0.05) is 10.0 Å². The summed E-state index contributed by atoms with van der Waals surface area (Å²) in [4.78, 5) is 11.5. The third kappa shape index (κ3) is 3.44. The summed E-state index contributed by atoms with van der Waals surface area (Å²) in [6.45, 7) is 4.01. The van der Waals surface area contributed by atoms with Crippen LogP contribution in [0.4, 0.5) is 0 Å². The van der Waals surface area contributed by atoms with E-state index in [4.69, 9.17) is 4.74 Å². The van der Waals surface area contributed by atoms with Crippen LogP contribution in [0.2, 0.25) is 0 Å². The number of halogens is 1.